The Morgan fingerprint density at radius 3 is 2.50 bits per heavy atom. The number of halogens is 1. The minimum atomic E-state index is -0.446. The highest BCUT2D eigenvalue weighted by molar-refractivity contribution is 6.33. The number of rotatable bonds is 8. The van der Waals surface area contributed by atoms with Crippen LogP contribution in [0.5, 0.6) is 5.75 Å². The van der Waals surface area contributed by atoms with E-state index in [-0.39, 0.29) is 6.61 Å². The molecule has 0 aliphatic heterocycles. The van der Waals surface area contributed by atoms with Crippen LogP contribution in [0.2, 0.25) is 5.02 Å². The quantitative estimate of drug-likeness (QED) is 0.539. The third-order valence-electron chi connectivity index (χ3n) is 2.21. The second kappa shape index (κ2) is 8.08. The van der Waals surface area contributed by atoms with Gasteiger partial charge in [-0.3, -0.25) is 4.79 Å². The van der Waals surface area contributed by atoms with Gasteiger partial charge in [-0.25, -0.2) is 0 Å². The molecule has 0 spiro atoms. The van der Waals surface area contributed by atoms with Crippen LogP contribution in [-0.2, 0) is 9.47 Å². The molecule has 5 heteroatoms. The Labute approximate surface area is 112 Å². The molecule has 0 aliphatic rings. The number of carbonyl (C=O) groups is 1. The van der Waals surface area contributed by atoms with Crippen LogP contribution in [0.4, 0.5) is 0 Å². The Morgan fingerprint density at radius 2 is 1.94 bits per heavy atom. The van der Waals surface area contributed by atoms with Crippen molar-refractivity contribution in [2.75, 3.05) is 19.8 Å². The number of carbonyl (C=O) groups excluding carboxylic acids is 1. The molecule has 100 valence electrons. The van der Waals surface area contributed by atoms with Gasteiger partial charge in [-0.2, -0.15) is 0 Å². The average Bonchev–Trinajstić information content (AvgIpc) is 2.36. The highest BCUT2D eigenvalue weighted by Crippen LogP contribution is 2.24. The maximum Gasteiger partial charge on any atom is 0.191 e. The van der Waals surface area contributed by atoms with Crippen molar-refractivity contribution in [2.45, 2.75) is 20.1 Å². The van der Waals surface area contributed by atoms with Crippen LogP contribution < -0.4 is 4.74 Å². The lowest BCUT2D eigenvalue weighted by Crippen LogP contribution is -2.25. The van der Waals surface area contributed by atoms with Crippen LogP contribution in [0, 0.1) is 0 Å². The van der Waals surface area contributed by atoms with Crippen molar-refractivity contribution in [2.24, 2.45) is 0 Å². The maximum absolute atomic E-state index is 10.9. The van der Waals surface area contributed by atoms with Gasteiger partial charge in [-0.1, -0.05) is 17.7 Å². The molecule has 0 aromatic heterocycles. The number of ether oxygens (including phenoxy) is 3. The third-order valence-corrected chi connectivity index (χ3v) is 2.54. The second-order valence-corrected chi connectivity index (χ2v) is 3.83. The van der Waals surface area contributed by atoms with E-state index in [1.807, 2.05) is 13.8 Å². The van der Waals surface area contributed by atoms with Gasteiger partial charge in [-0.05, 0) is 26.0 Å². The van der Waals surface area contributed by atoms with Crippen molar-refractivity contribution in [3.63, 3.8) is 0 Å². The zero-order valence-corrected chi connectivity index (χ0v) is 11.3. The van der Waals surface area contributed by atoms with Gasteiger partial charge >= 0.3 is 0 Å². The normalized spacial score (nSPS) is 10.7. The SMILES string of the molecule is CCOC(COc1cccc(Cl)c1C=O)OCC. The predicted molar refractivity (Wildman–Crippen MR) is 69.4 cm³/mol. The van der Waals surface area contributed by atoms with Crippen molar-refractivity contribution < 1.29 is 19.0 Å². The molecule has 0 bridgehead atoms. The van der Waals surface area contributed by atoms with Gasteiger partial charge in [-0.15, -0.1) is 0 Å². The minimum Gasteiger partial charge on any atom is -0.487 e. The van der Waals surface area contributed by atoms with E-state index in [1.54, 1.807) is 18.2 Å². The van der Waals surface area contributed by atoms with Gasteiger partial charge in [0.2, 0.25) is 0 Å². The maximum atomic E-state index is 10.9. The summed E-state index contributed by atoms with van der Waals surface area (Å²) in [6, 6.07) is 5.05. The molecule has 0 N–H and O–H groups in total. The van der Waals surface area contributed by atoms with Crippen LogP contribution in [0.1, 0.15) is 24.2 Å². The van der Waals surface area contributed by atoms with E-state index in [2.05, 4.69) is 0 Å². The van der Waals surface area contributed by atoms with Gasteiger partial charge < -0.3 is 14.2 Å². The fourth-order valence-corrected chi connectivity index (χ4v) is 1.64. The summed E-state index contributed by atoms with van der Waals surface area (Å²) in [5.41, 5.74) is 0.339. The first kappa shape index (κ1) is 15.0. The van der Waals surface area contributed by atoms with Crippen molar-refractivity contribution in [1.29, 1.82) is 0 Å². The lowest BCUT2D eigenvalue weighted by atomic mass is 10.2. The molecule has 0 heterocycles. The van der Waals surface area contributed by atoms with Gasteiger partial charge in [0.25, 0.3) is 0 Å². The Hall–Kier alpha value is -1.10. The smallest absolute Gasteiger partial charge is 0.191 e. The van der Waals surface area contributed by atoms with E-state index >= 15 is 0 Å². The van der Waals surface area contributed by atoms with E-state index in [0.717, 1.165) is 0 Å². The molecule has 0 aliphatic carbocycles. The first-order valence-electron chi connectivity index (χ1n) is 5.82. The fraction of sp³-hybridized carbons (Fsp3) is 0.462. The number of hydrogen-bond donors (Lipinski definition) is 0. The monoisotopic (exact) mass is 272 g/mol. The van der Waals surface area contributed by atoms with Crippen LogP contribution in [-0.4, -0.2) is 32.4 Å². The Balaban J connectivity index is 2.66. The second-order valence-electron chi connectivity index (χ2n) is 3.42. The van der Waals surface area contributed by atoms with Crippen molar-refractivity contribution in [1.82, 2.24) is 0 Å². The molecule has 0 amide bonds. The Morgan fingerprint density at radius 1 is 1.28 bits per heavy atom. The fourth-order valence-electron chi connectivity index (χ4n) is 1.43. The summed E-state index contributed by atoms with van der Waals surface area (Å²) in [7, 11) is 0. The summed E-state index contributed by atoms with van der Waals surface area (Å²) >= 11 is 5.89. The molecular weight excluding hydrogens is 256 g/mol. The summed E-state index contributed by atoms with van der Waals surface area (Å²) < 4.78 is 16.2. The summed E-state index contributed by atoms with van der Waals surface area (Å²) in [6.45, 7) is 5.03. The predicted octanol–water partition coefficient (Wildman–Crippen LogP) is 2.93. The van der Waals surface area contributed by atoms with Gasteiger partial charge in [0, 0.05) is 13.2 Å². The zero-order chi connectivity index (χ0) is 13.4. The van der Waals surface area contributed by atoms with Gasteiger partial charge in [0.05, 0.1) is 10.6 Å². The molecule has 0 fully saturated rings. The molecule has 0 saturated carbocycles. The number of hydrogen-bond acceptors (Lipinski definition) is 4. The molecular formula is C13H17ClO4. The average molecular weight is 273 g/mol. The highest BCUT2D eigenvalue weighted by atomic mass is 35.5. The highest BCUT2D eigenvalue weighted by Gasteiger charge is 2.12. The molecule has 18 heavy (non-hydrogen) atoms. The summed E-state index contributed by atoms with van der Waals surface area (Å²) in [4.78, 5) is 10.9. The largest absolute Gasteiger partial charge is 0.487 e. The first-order valence-corrected chi connectivity index (χ1v) is 6.20. The standard InChI is InChI=1S/C13H17ClO4/c1-3-16-13(17-4-2)9-18-12-7-5-6-11(14)10(12)8-15/h5-8,13H,3-4,9H2,1-2H3. The Bertz CT molecular complexity index is 375. The van der Waals surface area contributed by atoms with Crippen molar-refractivity contribution in [3.05, 3.63) is 28.8 Å². The van der Waals surface area contributed by atoms with Crippen LogP contribution in [0.25, 0.3) is 0 Å². The van der Waals surface area contributed by atoms with Crippen molar-refractivity contribution >= 4 is 17.9 Å². The van der Waals surface area contributed by atoms with E-state index in [4.69, 9.17) is 25.8 Å². The summed E-state index contributed by atoms with van der Waals surface area (Å²) in [5, 5.41) is 0.367. The van der Waals surface area contributed by atoms with Crippen molar-refractivity contribution in [3.8, 4) is 5.75 Å². The lowest BCUT2D eigenvalue weighted by Gasteiger charge is -2.18. The van der Waals surface area contributed by atoms with Gasteiger partial charge in [0.15, 0.2) is 12.6 Å². The molecule has 1 aromatic carbocycles. The van der Waals surface area contributed by atoms with E-state index < -0.39 is 6.29 Å². The van der Waals surface area contributed by atoms with E-state index in [1.165, 1.54) is 0 Å². The minimum absolute atomic E-state index is 0.211. The Kier molecular flexibility index (Phi) is 6.72. The lowest BCUT2D eigenvalue weighted by molar-refractivity contribution is -0.152. The van der Waals surface area contributed by atoms with Gasteiger partial charge in [0.1, 0.15) is 12.4 Å². The summed E-state index contributed by atoms with van der Waals surface area (Å²) in [6.07, 6.45) is 0.229. The third kappa shape index (κ3) is 4.29. The molecule has 1 aromatic rings. The first-order chi connectivity index (χ1) is 8.72. The van der Waals surface area contributed by atoms with E-state index in [9.17, 15) is 4.79 Å². The number of benzene rings is 1. The molecule has 0 radical (unpaired) electrons. The summed E-state index contributed by atoms with van der Waals surface area (Å²) in [5.74, 6) is 0.432. The zero-order valence-electron chi connectivity index (χ0n) is 10.5. The van der Waals surface area contributed by atoms with Crippen LogP contribution in [0.3, 0.4) is 0 Å². The molecule has 4 nitrogen and oxygen atoms in total. The molecule has 0 atom stereocenters. The topological polar surface area (TPSA) is 44.8 Å². The molecule has 1 rings (SSSR count). The number of aldehydes is 1. The van der Waals surface area contributed by atoms with Crippen LogP contribution in [0.15, 0.2) is 18.2 Å². The van der Waals surface area contributed by atoms with E-state index in [0.29, 0.717) is 35.8 Å². The molecule has 0 saturated heterocycles. The molecule has 0 unspecified atom stereocenters. The van der Waals surface area contributed by atoms with Crippen LogP contribution >= 0.6 is 11.6 Å².